The Morgan fingerprint density at radius 2 is 1.78 bits per heavy atom. The number of nitrogens with zero attached hydrogens (tertiary/aromatic N) is 3. The van der Waals surface area contributed by atoms with E-state index in [1.807, 2.05) is 36.4 Å². The van der Waals surface area contributed by atoms with Crippen LogP contribution in [0.25, 0.3) is 11.4 Å². The Morgan fingerprint density at radius 3 is 2.41 bits per heavy atom. The van der Waals surface area contributed by atoms with Crippen LogP contribution in [0.15, 0.2) is 40.9 Å². The minimum atomic E-state index is -0.174. The molecule has 2 atom stereocenters. The van der Waals surface area contributed by atoms with Gasteiger partial charge >= 0.3 is 0 Å². The van der Waals surface area contributed by atoms with Crippen molar-refractivity contribution >= 4 is 11.8 Å². The number of hydrogen-bond acceptors (Lipinski definition) is 6. The van der Waals surface area contributed by atoms with Gasteiger partial charge in [0.25, 0.3) is 0 Å². The highest BCUT2D eigenvalue weighted by Crippen LogP contribution is 2.35. The van der Waals surface area contributed by atoms with Gasteiger partial charge in [0.2, 0.25) is 23.5 Å². The number of imide groups is 1. The molecule has 0 radical (unpaired) electrons. The summed E-state index contributed by atoms with van der Waals surface area (Å²) in [4.78, 5) is 30.7. The standard InChI is InChI=1S/C20H21N3O4/c1-26-14-10-8-13(9-11-14)18-21-17(27-22-18)7-4-12-23-19(24)15-5-2-3-6-16(15)20(23)25/h2-3,8-11,15-16H,4-7,12H2,1H3/t15-,16-/m1/s1. The number of fused-ring (bicyclic) bond motifs is 1. The monoisotopic (exact) mass is 367 g/mol. The minimum Gasteiger partial charge on any atom is -0.497 e. The number of benzene rings is 1. The van der Waals surface area contributed by atoms with Gasteiger partial charge in [-0.1, -0.05) is 17.3 Å². The van der Waals surface area contributed by atoms with E-state index < -0.39 is 0 Å². The number of carbonyl (C=O) groups excluding carboxylic acids is 2. The predicted octanol–water partition coefficient (Wildman–Crippen LogP) is 2.63. The topological polar surface area (TPSA) is 85.5 Å². The number of methoxy groups -OCH3 is 1. The molecular formula is C20H21N3O4. The van der Waals surface area contributed by atoms with E-state index in [4.69, 9.17) is 9.26 Å². The number of aryl methyl sites for hydroxylation is 1. The molecular weight excluding hydrogens is 346 g/mol. The Bertz CT molecular complexity index is 846. The molecule has 4 rings (SSSR count). The molecule has 0 unspecified atom stereocenters. The Morgan fingerprint density at radius 1 is 1.11 bits per heavy atom. The Labute approximate surface area is 157 Å². The maximum Gasteiger partial charge on any atom is 0.233 e. The van der Waals surface area contributed by atoms with Gasteiger partial charge in [-0.15, -0.1) is 0 Å². The van der Waals surface area contributed by atoms with E-state index >= 15 is 0 Å². The van der Waals surface area contributed by atoms with E-state index in [9.17, 15) is 9.59 Å². The van der Waals surface area contributed by atoms with Crippen molar-refractivity contribution in [2.45, 2.75) is 25.7 Å². The predicted molar refractivity (Wildman–Crippen MR) is 96.7 cm³/mol. The number of amides is 2. The smallest absolute Gasteiger partial charge is 0.233 e. The van der Waals surface area contributed by atoms with Crippen LogP contribution < -0.4 is 4.74 Å². The van der Waals surface area contributed by atoms with Crippen LogP contribution in [0.2, 0.25) is 0 Å². The molecule has 1 aromatic carbocycles. The SMILES string of the molecule is COc1ccc(-c2noc(CCCN3C(=O)[C@@H]4CC=CC[C@H]4C3=O)n2)cc1. The molecule has 1 aliphatic carbocycles. The summed E-state index contributed by atoms with van der Waals surface area (Å²) in [5, 5.41) is 4.00. The fourth-order valence-electron chi connectivity index (χ4n) is 3.69. The summed E-state index contributed by atoms with van der Waals surface area (Å²) >= 11 is 0. The second-order valence-corrected chi connectivity index (χ2v) is 6.83. The minimum absolute atomic E-state index is 0.0428. The molecule has 2 amide bonds. The van der Waals surface area contributed by atoms with Gasteiger partial charge in [0.15, 0.2) is 0 Å². The van der Waals surface area contributed by atoms with Gasteiger partial charge in [-0.2, -0.15) is 4.98 Å². The van der Waals surface area contributed by atoms with Crippen LogP contribution in [0.4, 0.5) is 0 Å². The number of aromatic nitrogens is 2. The number of rotatable bonds is 6. The van der Waals surface area contributed by atoms with Crippen molar-refractivity contribution in [3.05, 3.63) is 42.3 Å². The van der Waals surface area contributed by atoms with Crippen molar-refractivity contribution in [3.63, 3.8) is 0 Å². The summed E-state index contributed by atoms with van der Waals surface area (Å²) in [5.41, 5.74) is 0.840. The average Bonchev–Trinajstić information content (AvgIpc) is 3.27. The van der Waals surface area contributed by atoms with Crippen molar-refractivity contribution in [2.75, 3.05) is 13.7 Å². The quantitative estimate of drug-likeness (QED) is 0.576. The van der Waals surface area contributed by atoms with Crippen LogP contribution in [0, 0.1) is 11.8 Å². The zero-order valence-corrected chi connectivity index (χ0v) is 15.1. The fourth-order valence-corrected chi connectivity index (χ4v) is 3.69. The van der Waals surface area contributed by atoms with E-state index in [0.29, 0.717) is 43.9 Å². The van der Waals surface area contributed by atoms with Crippen molar-refractivity contribution in [2.24, 2.45) is 11.8 Å². The molecule has 0 bridgehead atoms. The highest BCUT2D eigenvalue weighted by Gasteiger charge is 2.46. The molecule has 7 heteroatoms. The largest absolute Gasteiger partial charge is 0.497 e. The molecule has 1 fully saturated rings. The molecule has 2 aromatic rings. The lowest BCUT2D eigenvalue weighted by molar-refractivity contribution is -0.139. The summed E-state index contributed by atoms with van der Waals surface area (Å²) in [6.07, 6.45) is 6.45. The number of allylic oxidation sites excluding steroid dienone is 2. The van der Waals surface area contributed by atoms with Crippen molar-refractivity contribution in [1.82, 2.24) is 15.0 Å². The lowest BCUT2D eigenvalue weighted by Crippen LogP contribution is -2.32. The van der Waals surface area contributed by atoms with Crippen LogP contribution >= 0.6 is 0 Å². The van der Waals surface area contributed by atoms with Crippen molar-refractivity contribution < 1.29 is 18.8 Å². The molecule has 0 N–H and O–H groups in total. The first-order chi connectivity index (χ1) is 13.2. The van der Waals surface area contributed by atoms with Crippen LogP contribution in [0.3, 0.4) is 0 Å². The summed E-state index contributed by atoms with van der Waals surface area (Å²) < 4.78 is 10.4. The third-order valence-electron chi connectivity index (χ3n) is 5.19. The molecule has 7 nitrogen and oxygen atoms in total. The number of hydrogen-bond donors (Lipinski definition) is 0. The molecule has 2 aliphatic rings. The van der Waals surface area contributed by atoms with E-state index in [-0.39, 0.29) is 23.7 Å². The molecule has 1 saturated heterocycles. The summed E-state index contributed by atoms with van der Waals surface area (Å²) in [7, 11) is 1.61. The lowest BCUT2D eigenvalue weighted by Gasteiger charge is -2.14. The maximum atomic E-state index is 12.4. The third kappa shape index (κ3) is 3.37. The summed E-state index contributed by atoms with van der Waals surface area (Å²) in [5.74, 6) is 1.34. The Kier molecular flexibility index (Phi) is 4.75. The molecule has 0 spiro atoms. The second kappa shape index (κ2) is 7.34. The van der Waals surface area contributed by atoms with Crippen LogP contribution in [-0.2, 0) is 16.0 Å². The van der Waals surface area contributed by atoms with E-state index in [1.54, 1.807) is 7.11 Å². The van der Waals surface area contributed by atoms with E-state index in [1.165, 1.54) is 4.90 Å². The van der Waals surface area contributed by atoms with Gasteiger partial charge in [-0.05, 0) is 43.5 Å². The van der Waals surface area contributed by atoms with E-state index in [2.05, 4.69) is 10.1 Å². The van der Waals surface area contributed by atoms with Gasteiger partial charge in [0.05, 0.1) is 18.9 Å². The zero-order chi connectivity index (χ0) is 18.8. The van der Waals surface area contributed by atoms with Crippen LogP contribution in [0.5, 0.6) is 5.75 Å². The Balaban J connectivity index is 1.34. The lowest BCUT2D eigenvalue weighted by atomic mass is 9.85. The first-order valence-corrected chi connectivity index (χ1v) is 9.14. The van der Waals surface area contributed by atoms with Gasteiger partial charge < -0.3 is 9.26 Å². The normalized spacial score (nSPS) is 21.6. The summed E-state index contributed by atoms with van der Waals surface area (Å²) in [6.45, 7) is 0.394. The highest BCUT2D eigenvalue weighted by molar-refractivity contribution is 6.05. The van der Waals surface area contributed by atoms with Gasteiger partial charge in [0, 0.05) is 18.5 Å². The number of carbonyl (C=O) groups is 2. The average molecular weight is 367 g/mol. The van der Waals surface area contributed by atoms with Gasteiger partial charge in [0.1, 0.15) is 5.75 Å². The van der Waals surface area contributed by atoms with Gasteiger partial charge in [-0.25, -0.2) is 0 Å². The second-order valence-electron chi connectivity index (χ2n) is 6.83. The first kappa shape index (κ1) is 17.5. The molecule has 1 aromatic heterocycles. The third-order valence-corrected chi connectivity index (χ3v) is 5.19. The van der Waals surface area contributed by atoms with Crippen LogP contribution in [-0.4, -0.2) is 40.5 Å². The van der Waals surface area contributed by atoms with Crippen molar-refractivity contribution in [3.8, 4) is 17.1 Å². The molecule has 140 valence electrons. The van der Waals surface area contributed by atoms with Gasteiger partial charge in [-0.3, -0.25) is 14.5 Å². The number of ether oxygens (including phenoxy) is 1. The summed E-state index contributed by atoms with van der Waals surface area (Å²) in [6, 6.07) is 7.41. The van der Waals surface area contributed by atoms with E-state index in [0.717, 1.165) is 11.3 Å². The Hall–Kier alpha value is -2.96. The molecule has 27 heavy (non-hydrogen) atoms. The zero-order valence-electron chi connectivity index (χ0n) is 15.1. The maximum absolute atomic E-state index is 12.4. The molecule has 0 saturated carbocycles. The molecule has 1 aliphatic heterocycles. The van der Waals surface area contributed by atoms with Crippen LogP contribution in [0.1, 0.15) is 25.2 Å². The fraction of sp³-hybridized carbons (Fsp3) is 0.400. The molecule has 2 heterocycles. The number of likely N-dealkylation sites (tertiary alicyclic amines) is 1. The highest BCUT2D eigenvalue weighted by atomic mass is 16.5. The van der Waals surface area contributed by atoms with Crippen molar-refractivity contribution in [1.29, 1.82) is 0 Å². The first-order valence-electron chi connectivity index (χ1n) is 9.14.